The smallest absolute Gasteiger partial charge is 0.341 e. The SMILES string of the molecule is CCCN1C(=O)/C(=C\c2cccc(OCC(=O)O)c2)S/C1=N/c1nnc(CC)s1. The lowest BCUT2D eigenvalue weighted by molar-refractivity contribution is -0.139. The third kappa shape index (κ3) is 5.42. The van der Waals surface area contributed by atoms with Crippen molar-refractivity contribution in [2.24, 2.45) is 4.99 Å². The zero-order valence-corrected chi connectivity index (χ0v) is 17.6. The molecule has 1 aliphatic rings. The van der Waals surface area contributed by atoms with Gasteiger partial charge in [0.1, 0.15) is 10.8 Å². The van der Waals surface area contributed by atoms with E-state index in [9.17, 15) is 9.59 Å². The first kappa shape index (κ1) is 21.0. The molecule has 0 aliphatic carbocycles. The average molecular weight is 433 g/mol. The van der Waals surface area contributed by atoms with Gasteiger partial charge in [-0.25, -0.2) is 4.79 Å². The number of aromatic nitrogens is 2. The van der Waals surface area contributed by atoms with Gasteiger partial charge in [0, 0.05) is 6.54 Å². The molecule has 1 fully saturated rings. The van der Waals surface area contributed by atoms with Crippen LogP contribution in [0.2, 0.25) is 0 Å². The maximum atomic E-state index is 12.9. The van der Waals surface area contributed by atoms with Crippen molar-refractivity contribution >= 4 is 51.4 Å². The minimum absolute atomic E-state index is 0.118. The number of amidine groups is 1. The second-order valence-corrected chi connectivity index (χ2v) is 8.10. The fraction of sp³-hybridized carbons (Fsp3) is 0.316. The van der Waals surface area contributed by atoms with Crippen LogP contribution < -0.4 is 4.74 Å². The summed E-state index contributed by atoms with van der Waals surface area (Å²) in [6.45, 7) is 4.14. The molecule has 10 heteroatoms. The summed E-state index contributed by atoms with van der Waals surface area (Å²) in [7, 11) is 0. The van der Waals surface area contributed by atoms with Crippen LogP contribution in [-0.4, -0.2) is 50.4 Å². The van der Waals surface area contributed by atoms with Crippen molar-refractivity contribution < 1.29 is 19.4 Å². The number of aryl methyl sites for hydroxylation is 1. The topological polar surface area (TPSA) is 105 Å². The number of aliphatic imine (C=N–C) groups is 1. The molecule has 3 rings (SSSR count). The lowest BCUT2D eigenvalue weighted by Crippen LogP contribution is -2.29. The minimum atomic E-state index is -1.05. The molecule has 1 aromatic carbocycles. The van der Waals surface area contributed by atoms with Gasteiger partial charge in [0.05, 0.1) is 4.91 Å². The summed E-state index contributed by atoms with van der Waals surface area (Å²) >= 11 is 2.70. The van der Waals surface area contributed by atoms with E-state index < -0.39 is 12.6 Å². The average Bonchev–Trinajstić information content (AvgIpc) is 3.27. The summed E-state index contributed by atoms with van der Waals surface area (Å²) in [5, 5.41) is 18.9. The monoisotopic (exact) mass is 432 g/mol. The fourth-order valence-electron chi connectivity index (χ4n) is 2.52. The Labute approximate surface area is 176 Å². The van der Waals surface area contributed by atoms with Crippen molar-refractivity contribution in [1.29, 1.82) is 0 Å². The number of aliphatic carboxylic acids is 1. The van der Waals surface area contributed by atoms with Gasteiger partial charge in [-0.05, 0) is 48.4 Å². The van der Waals surface area contributed by atoms with Gasteiger partial charge in [-0.2, -0.15) is 4.99 Å². The van der Waals surface area contributed by atoms with Gasteiger partial charge < -0.3 is 9.84 Å². The van der Waals surface area contributed by atoms with Crippen LogP contribution in [-0.2, 0) is 16.0 Å². The number of ether oxygens (including phenoxy) is 1. The van der Waals surface area contributed by atoms with E-state index in [0.717, 1.165) is 23.4 Å². The highest BCUT2D eigenvalue weighted by molar-refractivity contribution is 8.18. The van der Waals surface area contributed by atoms with Crippen LogP contribution >= 0.6 is 23.1 Å². The van der Waals surface area contributed by atoms with Gasteiger partial charge in [0.25, 0.3) is 5.91 Å². The summed E-state index contributed by atoms with van der Waals surface area (Å²) in [6, 6.07) is 6.94. The lowest BCUT2D eigenvalue weighted by Gasteiger charge is -2.13. The Morgan fingerprint density at radius 3 is 2.86 bits per heavy atom. The molecule has 1 amide bonds. The van der Waals surface area contributed by atoms with Crippen molar-refractivity contribution in [1.82, 2.24) is 15.1 Å². The fourth-order valence-corrected chi connectivity index (χ4v) is 4.23. The second kappa shape index (κ2) is 9.66. The number of amides is 1. The van der Waals surface area contributed by atoms with Crippen molar-refractivity contribution in [2.45, 2.75) is 26.7 Å². The molecule has 1 aliphatic heterocycles. The number of benzene rings is 1. The highest BCUT2D eigenvalue weighted by atomic mass is 32.2. The van der Waals surface area contributed by atoms with Crippen molar-refractivity contribution in [3.8, 4) is 5.75 Å². The summed E-state index contributed by atoms with van der Waals surface area (Å²) < 4.78 is 5.20. The van der Waals surface area contributed by atoms with E-state index >= 15 is 0 Å². The first-order valence-electron chi connectivity index (χ1n) is 9.07. The molecule has 8 nitrogen and oxygen atoms in total. The molecule has 1 N–H and O–H groups in total. The van der Waals surface area contributed by atoms with Crippen molar-refractivity contribution in [3.05, 3.63) is 39.7 Å². The molecule has 2 aromatic rings. The molecular weight excluding hydrogens is 412 g/mol. The number of carbonyl (C=O) groups excluding carboxylic acids is 1. The third-order valence-corrected chi connectivity index (χ3v) is 5.77. The molecule has 0 radical (unpaired) electrons. The number of thioether (sulfide) groups is 1. The van der Waals surface area contributed by atoms with Gasteiger partial charge in [-0.1, -0.05) is 37.3 Å². The Morgan fingerprint density at radius 1 is 1.34 bits per heavy atom. The van der Waals surface area contributed by atoms with Gasteiger partial charge in [-0.3, -0.25) is 9.69 Å². The zero-order chi connectivity index (χ0) is 20.8. The van der Waals surface area contributed by atoms with Crippen LogP contribution in [0.5, 0.6) is 5.75 Å². The highest BCUT2D eigenvalue weighted by Crippen LogP contribution is 2.35. The second-order valence-electron chi connectivity index (χ2n) is 6.05. The summed E-state index contributed by atoms with van der Waals surface area (Å²) in [4.78, 5) is 30.3. The molecule has 1 aromatic heterocycles. The summed E-state index contributed by atoms with van der Waals surface area (Å²) in [5.41, 5.74) is 0.741. The van der Waals surface area contributed by atoms with Crippen LogP contribution in [0.25, 0.3) is 6.08 Å². The predicted molar refractivity (Wildman–Crippen MR) is 114 cm³/mol. The van der Waals surface area contributed by atoms with E-state index in [1.54, 1.807) is 29.2 Å². The standard InChI is InChI=1S/C19H20N4O4S2/c1-3-8-23-17(26)14(28-19(23)20-18-22-21-15(4-2)29-18)10-12-6-5-7-13(9-12)27-11-16(24)25/h5-7,9-10H,3-4,8,11H2,1-2H3,(H,24,25)/b14-10+,20-19+. The maximum Gasteiger partial charge on any atom is 0.341 e. The Kier molecular flexibility index (Phi) is 6.99. The predicted octanol–water partition coefficient (Wildman–Crippen LogP) is 3.58. The van der Waals surface area contributed by atoms with Crippen LogP contribution in [0.15, 0.2) is 34.2 Å². The number of carboxylic acids is 1. The van der Waals surface area contributed by atoms with E-state index in [1.165, 1.54) is 23.1 Å². The number of carboxylic acid groups (broad SMARTS) is 1. The minimum Gasteiger partial charge on any atom is -0.482 e. The van der Waals surface area contributed by atoms with Gasteiger partial charge in [-0.15, -0.1) is 10.2 Å². The number of hydrogen-bond donors (Lipinski definition) is 1. The van der Waals surface area contributed by atoms with Crippen molar-refractivity contribution in [3.63, 3.8) is 0 Å². The molecule has 0 bridgehead atoms. The van der Waals surface area contributed by atoms with Crippen molar-refractivity contribution in [2.75, 3.05) is 13.2 Å². The van der Waals surface area contributed by atoms with Crippen LogP contribution in [0.3, 0.4) is 0 Å². The Hall–Kier alpha value is -2.72. The van der Waals surface area contributed by atoms with Gasteiger partial charge >= 0.3 is 5.97 Å². The number of carbonyl (C=O) groups is 2. The molecule has 0 saturated carbocycles. The van der Waals surface area contributed by atoms with Gasteiger partial charge in [0.15, 0.2) is 11.8 Å². The first-order chi connectivity index (χ1) is 14.0. The lowest BCUT2D eigenvalue weighted by atomic mass is 10.2. The number of hydrogen-bond acceptors (Lipinski definition) is 8. The molecule has 152 valence electrons. The largest absolute Gasteiger partial charge is 0.482 e. The van der Waals surface area contributed by atoms with Crippen LogP contribution in [0.1, 0.15) is 30.8 Å². The maximum absolute atomic E-state index is 12.9. The van der Waals surface area contributed by atoms with E-state index in [1.807, 2.05) is 19.9 Å². The molecule has 0 atom stereocenters. The summed E-state index contributed by atoms with van der Waals surface area (Å²) in [6.07, 6.45) is 3.34. The normalized spacial score (nSPS) is 16.8. The molecule has 1 saturated heterocycles. The van der Waals surface area contributed by atoms with E-state index in [-0.39, 0.29) is 5.91 Å². The molecule has 2 heterocycles. The molecular formula is C19H20N4O4S2. The zero-order valence-electron chi connectivity index (χ0n) is 16.0. The van der Waals surface area contributed by atoms with E-state index in [0.29, 0.717) is 27.5 Å². The quantitative estimate of drug-likeness (QED) is 0.636. The van der Waals surface area contributed by atoms with Gasteiger partial charge in [0.2, 0.25) is 5.13 Å². The number of rotatable bonds is 8. The molecule has 0 unspecified atom stereocenters. The first-order valence-corrected chi connectivity index (χ1v) is 10.7. The third-order valence-electron chi connectivity index (χ3n) is 3.80. The Bertz CT molecular complexity index is 971. The van der Waals surface area contributed by atoms with E-state index in [2.05, 4.69) is 15.2 Å². The van der Waals surface area contributed by atoms with E-state index in [4.69, 9.17) is 9.84 Å². The Morgan fingerprint density at radius 2 is 2.17 bits per heavy atom. The number of nitrogens with zero attached hydrogens (tertiary/aromatic N) is 4. The van der Waals surface area contributed by atoms with Crippen LogP contribution in [0, 0.1) is 0 Å². The molecule has 0 spiro atoms. The molecule has 29 heavy (non-hydrogen) atoms. The Balaban J connectivity index is 1.85. The van der Waals surface area contributed by atoms with Crippen LogP contribution in [0.4, 0.5) is 5.13 Å². The summed E-state index contributed by atoms with van der Waals surface area (Å²) in [5.74, 6) is -0.737. The highest BCUT2D eigenvalue weighted by Gasteiger charge is 2.33.